The third-order valence-corrected chi connectivity index (χ3v) is 4.45. The Morgan fingerprint density at radius 3 is 1.88 bits per heavy atom. The minimum Gasteiger partial charge on any atom is -0.494 e. The quantitative estimate of drug-likeness (QED) is 0.316. The standard InChI is InChI=1S/C24H32NO/c1-3-4-5-6-7-8-9-10-21-26-24-15-13-22(14-16-24)11-12-23-17-19-25(2)20-18-23/h13-20H,3-10,21H2,1-2H3/q+1. The van der Waals surface area contributed by atoms with E-state index in [1.165, 1.54) is 44.9 Å². The minimum atomic E-state index is 0.807. The topological polar surface area (TPSA) is 13.1 Å². The number of aromatic nitrogens is 1. The average Bonchev–Trinajstić information content (AvgIpc) is 2.67. The Balaban J connectivity index is 1.64. The van der Waals surface area contributed by atoms with Gasteiger partial charge in [-0.2, -0.15) is 0 Å². The molecule has 0 amide bonds. The number of aryl methyl sites for hydroxylation is 1. The lowest BCUT2D eigenvalue weighted by Gasteiger charge is -2.06. The van der Waals surface area contributed by atoms with Gasteiger partial charge in [-0.1, -0.05) is 63.7 Å². The molecule has 0 atom stereocenters. The van der Waals surface area contributed by atoms with Crippen molar-refractivity contribution in [3.8, 4) is 17.6 Å². The zero-order chi connectivity index (χ0) is 18.5. The van der Waals surface area contributed by atoms with E-state index < -0.39 is 0 Å². The van der Waals surface area contributed by atoms with Gasteiger partial charge in [-0.15, -0.1) is 0 Å². The van der Waals surface area contributed by atoms with E-state index in [1.54, 1.807) is 0 Å². The second-order valence-corrected chi connectivity index (χ2v) is 6.85. The average molecular weight is 351 g/mol. The van der Waals surface area contributed by atoms with Gasteiger partial charge in [0.25, 0.3) is 0 Å². The Morgan fingerprint density at radius 1 is 0.731 bits per heavy atom. The fourth-order valence-electron chi connectivity index (χ4n) is 2.79. The van der Waals surface area contributed by atoms with Crippen LogP contribution in [0.2, 0.25) is 0 Å². The number of benzene rings is 1. The van der Waals surface area contributed by atoms with Crippen LogP contribution >= 0.6 is 0 Å². The van der Waals surface area contributed by atoms with E-state index in [0.29, 0.717) is 0 Å². The SMILES string of the molecule is CCCCCCCCCCOc1ccc(C#Cc2cc[n+](C)cc2)cc1. The van der Waals surface area contributed by atoms with Crippen molar-refractivity contribution in [3.05, 3.63) is 59.9 Å². The lowest BCUT2D eigenvalue weighted by atomic mass is 10.1. The van der Waals surface area contributed by atoms with Gasteiger partial charge >= 0.3 is 0 Å². The number of pyridine rings is 1. The number of rotatable bonds is 10. The fraction of sp³-hybridized carbons (Fsp3) is 0.458. The summed E-state index contributed by atoms with van der Waals surface area (Å²) in [4.78, 5) is 0. The fourth-order valence-corrected chi connectivity index (χ4v) is 2.79. The van der Waals surface area contributed by atoms with Crippen molar-refractivity contribution < 1.29 is 9.30 Å². The third kappa shape index (κ3) is 8.21. The Hall–Kier alpha value is -2.27. The van der Waals surface area contributed by atoms with Crippen molar-refractivity contribution in [2.45, 2.75) is 58.3 Å². The smallest absolute Gasteiger partial charge is 0.169 e. The van der Waals surface area contributed by atoms with Crippen LogP contribution in [-0.2, 0) is 7.05 Å². The van der Waals surface area contributed by atoms with Crippen LogP contribution in [0.4, 0.5) is 0 Å². The number of nitrogens with zero attached hydrogens (tertiary/aromatic N) is 1. The molecule has 0 aliphatic carbocycles. The molecule has 0 fully saturated rings. The largest absolute Gasteiger partial charge is 0.494 e. The van der Waals surface area contributed by atoms with E-state index in [-0.39, 0.29) is 0 Å². The van der Waals surface area contributed by atoms with Gasteiger partial charge in [0.05, 0.1) is 6.61 Å². The third-order valence-electron chi connectivity index (χ3n) is 4.45. The molecule has 0 bridgehead atoms. The van der Waals surface area contributed by atoms with Crippen LogP contribution < -0.4 is 9.30 Å². The van der Waals surface area contributed by atoms with Crippen molar-refractivity contribution >= 4 is 0 Å². The van der Waals surface area contributed by atoms with Gasteiger partial charge in [0.1, 0.15) is 12.8 Å². The van der Waals surface area contributed by atoms with E-state index in [1.807, 2.05) is 60.4 Å². The van der Waals surface area contributed by atoms with E-state index >= 15 is 0 Å². The summed E-state index contributed by atoms with van der Waals surface area (Å²) in [5.41, 5.74) is 2.04. The number of hydrogen-bond acceptors (Lipinski definition) is 1. The number of hydrogen-bond donors (Lipinski definition) is 0. The highest BCUT2D eigenvalue weighted by Gasteiger charge is 1.96. The second kappa shape index (κ2) is 12.1. The molecule has 2 nitrogen and oxygen atoms in total. The van der Waals surface area contributed by atoms with Crippen LogP contribution in [0, 0.1) is 11.8 Å². The maximum absolute atomic E-state index is 5.83. The highest BCUT2D eigenvalue weighted by molar-refractivity contribution is 5.43. The Bertz CT molecular complexity index is 677. The Morgan fingerprint density at radius 2 is 1.27 bits per heavy atom. The van der Waals surface area contributed by atoms with Crippen LogP contribution in [0.5, 0.6) is 5.75 Å². The van der Waals surface area contributed by atoms with Gasteiger partial charge in [-0.05, 0) is 30.7 Å². The number of ether oxygens (including phenoxy) is 1. The van der Waals surface area contributed by atoms with Crippen molar-refractivity contribution in [2.75, 3.05) is 6.61 Å². The van der Waals surface area contributed by atoms with E-state index in [4.69, 9.17) is 4.74 Å². The van der Waals surface area contributed by atoms with Gasteiger partial charge in [0.2, 0.25) is 0 Å². The molecule has 1 aromatic heterocycles. The maximum atomic E-state index is 5.83. The molecule has 0 N–H and O–H groups in total. The van der Waals surface area contributed by atoms with Crippen LogP contribution in [-0.4, -0.2) is 6.61 Å². The monoisotopic (exact) mass is 350 g/mol. The minimum absolute atomic E-state index is 0.807. The molecule has 26 heavy (non-hydrogen) atoms. The normalized spacial score (nSPS) is 10.2. The lowest BCUT2D eigenvalue weighted by molar-refractivity contribution is -0.671. The molecule has 138 valence electrons. The highest BCUT2D eigenvalue weighted by atomic mass is 16.5. The van der Waals surface area contributed by atoms with Crippen LogP contribution in [0.25, 0.3) is 0 Å². The number of unbranched alkanes of at least 4 members (excludes halogenated alkanes) is 7. The molecule has 0 aliphatic rings. The molecular formula is C24H32NO+. The molecule has 1 aromatic carbocycles. The van der Waals surface area contributed by atoms with Crippen LogP contribution in [0.15, 0.2) is 48.8 Å². The molecule has 1 heterocycles. The van der Waals surface area contributed by atoms with Gasteiger partial charge in [0.15, 0.2) is 12.4 Å². The van der Waals surface area contributed by atoms with Crippen molar-refractivity contribution in [1.29, 1.82) is 0 Å². The Labute approximate surface area is 159 Å². The summed E-state index contributed by atoms with van der Waals surface area (Å²) in [7, 11) is 2.00. The van der Waals surface area contributed by atoms with E-state index in [9.17, 15) is 0 Å². The first-order valence-corrected chi connectivity index (χ1v) is 9.98. The molecule has 0 saturated heterocycles. The van der Waals surface area contributed by atoms with Crippen molar-refractivity contribution in [2.24, 2.45) is 7.05 Å². The van der Waals surface area contributed by atoms with Crippen LogP contribution in [0.3, 0.4) is 0 Å². The molecule has 0 spiro atoms. The van der Waals surface area contributed by atoms with Crippen LogP contribution in [0.1, 0.15) is 69.4 Å². The van der Waals surface area contributed by atoms with Gasteiger partial charge in [-0.3, -0.25) is 0 Å². The van der Waals surface area contributed by atoms with Crippen molar-refractivity contribution in [1.82, 2.24) is 0 Å². The molecule has 2 rings (SSSR count). The molecular weight excluding hydrogens is 318 g/mol. The van der Waals surface area contributed by atoms with E-state index in [2.05, 4.69) is 18.8 Å². The lowest BCUT2D eigenvalue weighted by Crippen LogP contribution is -2.25. The summed E-state index contributed by atoms with van der Waals surface area (Å²) in [6.45, 7) is 3.07. The maximum Gasteiger partial charge on any atom is 0.169 e. The summed E-state index contributed by atoms with van der Waals surface area (Å²) in [6.07, 6.45) is 14.6. The predicted octanol–water partition coefficient (Wildman–Crippen LogP) is 5.43. The summed E-state index contributed by atoms with van der Waals surface area (Å²) >= 11 is 0. The molecule has 0 unspecified atom stereocenters. The Kier molecular flexibility index (Phi) is 9.36. The van der Waals surface area contributed by atoms with E-state index in [0.717, 1.165) is 29.9 Å². The summed E-state index contributed by atoms with van der Waals surface area (Å²) in [5.74, 6) is 7.32. The molecule has 0 saturated carbocycles. The molecule has 0 aliphatic heterocycles. The highest BCUT2D eigenvalue weighted by Crippen LogP contribution is 2.13. The first-order chi connectivity index (χ1) is 12.8. The first kappa shape index (κ1) is 20.0. The second-order valence-electron chi connectivity index (χ2n) is 6.85. The molecule has 0 radical (unpaired) electrons. The van der Waals surface area contributed by atoms with Gasteiger partial charge in [-0.25, -0.2) is 4.57 Å². The zero-order valence-corrected chi connectivity index (χ0v) is 16.3. The summed E-state index contributed by atoms with van der Waals surface area (Å²) in [6, 6.07) is 12.1. The zero-order valence-electron chi connectivity index (χ0n) is 16.3. The predicted molar refractivity (Wildman–Crippen MR) is 108 cm³/mol. The molecule has 2 aromatic rings. The van der Waals surface area contributed by atoms with Gasteiger partial charge in [0, 0.05) is 23.3 Å². The molecule has 2 heteroatoms. The summed E-state index contributed by atoms with van der Waals surface area (Å²) < 4.78 is 7.83. The van der Waals surface area contributed by atoms with Gasteiger partial charge < -0.3 is 4.74 Å². The summed E-state index contributed by atoms with van der Waals surface area (Å²) in [5, 5.41) is 0. The first-order valence-electron chi connectivity index (χ1n) is 9.98. The van der Waals surface area contributed by atoms with Crippen molar-refractivity contribution in [3.63, 3.8) is 0 Å².